The van der Waals surface area contributed by atoms with Crippen molar-refractivity contribution in [1.82, 2.24) is 15.1 Å². The molecule has 0 aromatic heterocycles. The summed E-state index contributed by atoms with van der Waals surface area (Å²) in [6.45, 7) is 5.04. The number of rotatable bonds is 9. The smallest absolute Gasteiger partial charge is 0.261 e. The molecule has 3 aromatic rings. The maximum absolute atomic E-state index is 13.8. The van der Waals surface area contributed by atoms with Gasteiger partial charge in [-0.3, -0.25) is 24.2 Å². The molecule has 0 spiro atoms. The summed E-state index contributed by atoms with van der Waals surface area (Å²) in [5.41, 5.74) is 4.86. The predicted octanol–water partition coefficient (Wildman–Crippen LogP) is 4.63. The van der Waals surface area contributed by atoms with Crippen LogP contribution in [0.25, 0.3) is 11.1 Å². The molecule has 3 aliphatic rings. The second-order valence-electron chi connectivity index (χ2n) is 10.6. The van der Waals surface area contributed by atoms with E-state index < -0.39 is 5.41 Å². The Balaban J connectivity index is 1.12. The fourth-order valence-corrected chi connectivity index (χ4v) is 6.50. The van der Waals surface area contributed by atoms with Crippen LogP contribution in [0.3, 0.4) is 0 Å². The lowest BCUT2D eigenvalue weighted by Crippen LogP contribution is -2.60. The first kappa shape index (κ1) is 24.6. The van der Waals surface area contributed by atoms with E-state index in [0.29, 0.717) is 30.8 Å². The highest BCUT2D eigenvalue weighted by atomic mass is 16.2. The molecule has 194 valence electrons. The fraction of sp³-hybridized carbons (Fsp3) is 0.344. The quantitative estimate of drug-likeness (QED) is 0.339. The van der Waals surface area contributed by atoms with Crippen LogP contribution in [0, 0.1) is 0 Å². The van der Waals surface area contributed by atoms with Crippen LogP contribution in [-0.2, 0) is 10.2 Å². The molecule has 1 aliphatic carbocycles. The maximum Gasteiger partial charge on any atom is 0.261 e. The number of nitrogens with one attached hydrogen (secondary N) is 1. The van der Waals surface area contributed by atoms with Crippen molar-refractivity contribution in [2.24, 2.45) is 0 Å². The summed E-state index contributed by atoms with van der Waals surface area (Å²) in [5.74, 6) is -0.255. The van der Waals surface area contributed by atoms with Gasteiger partial charge >= 0.3 is 0 Å². The number of unbranched alkanes of at least 4 members (excludes halogenated alkanes) is 1. The number of likely N-dealkylation sites (tertiary alicyclic amines) is 1. The largest absolute Gasteiger partial charge is 0.355 e. The van der Waals surface area contributed by atoms with Crippen molar-refractivity contribution in [3.8, 4) is 11.1 Å². The van der Waals surface area contributed by atoms with Gasteiger partial charge in [0.25, 0.3) is 11.8 Å². The molecule has 3 amide bonds. The fourth-order valence-electron chi connectivity index (χ4n) is 6.50. The van der Waals surface area contributed by atoms with Crippen molar-refractivity contribution in [3.05, 3.63) is 95.1 Å². The van der Waals surface area contributed by atoms with E-state index in [-0.39, 0.29) is 23.8 Å². The number of nitrogens with zero attached hydrogens (tertiary/aromatic N) is 2. The summed E-state index contributed by atoms with van der Waals surface area (Å²) in [6, 6.07) is 23.6. The third kappa shape index (κ3) is 3.78. The first-order chi connectivity index (χ1) is 18.6. The molecule has 1 saturated heterocycles. The van der Waals surface area contributed by atoms with Gasteiger partial charge in [-0.15, -0.1) is 0 Å². The average Bonchev–Trinajstić information content (AvgIpc) is 3.36. The molecule has 3 aromatic carbocycles. The molecule has 0 radical (unpaired) electrons. The predicted molar refractivity (Wildman–Crippen MR) is 147 cm³/mol. The number of carbonyl (C=O) groups excluding carboxylic acids is 3. The van der Waals surface area contributed by atoms with Gasteiger partial charge in [0.05, 0.1) is 17.2 Å². The van der Waals surface area contributed by atoms with Crippen LogP contribution < -0.4 is 5.32 Å². The average molecular weight is 508 g/mol. The van der Waals surface area contributed by atoms with Crippen molar-refractivity contribution in [2.75, 3.05) is 26.2 Å². The third-order valence-electron chi connectivity index (χ3n) is 8.39. The molecule has 0 atom stereocenters. The maximum atomic E-state index is 13.8. The molecule has 0 saturated carbocycles. The van der Waals surface area contributed by atoms with E-state index in [1.807, 2.05) is 24.3 Å². The standard InChI is InChI=1S/C32H33N3O3/c1-2-18-33-31(38)32(27-15-7-5-11-23(27)24-12-6-8-16-28(24)32)17-9-10-19-34-20-22(21-34)35-29(36)25-13-3-4-14-26(25)30(35)37/h3-8,11-16,22H,2,9-10,17-21H2,1H3,(H,33,38). The van der Waals surface area contributed by atoms with Gasteiger partial charge in [-0.25, -0.2) is 0 Å². The van der Waals surface area contributed by atoms with Crippen molar-refractivity contribution < 1.29 is 14.4 Å². The minimum absolute atomic E-state index is 0.0675. The Morgan fingerprint density at radius 2 is 1.34 bits per heavy atom. The number of benzene rings is 3. The van der Waals surface area contributed by atoms with Crippen molar-refractivity contribution >= 4 is 17.7 Å². The van der Waals surface area contributed by atoms with Crippen LogP contribution >= 0.6 is 0 Å². The zero-order valence-electron chi connectivity index (χ0n) is 21.8. The summed E-state index contributed by atoms with van der Waals surface area (Å²) in [5, 5.41) is 3.20. The van der Waals surface area contributed by atoms with Crippen molar-refractivity contribution in [1.29, 1.82) is 0 Å². The molecule has 1 fully saturated rings. The number of amides is 3. The lowest BCUT2D eigenvalue weighted by molar-refractivity contribution is -0.125. The van der Waals surface area contributed by atoms with E-state index >= 15 is 0 Å². The highest BCUT2D eigenvalue weighted by molar-refractivity contribution is 6.21. The molecule has 0 bridgehead atoms. The molecule has 6 rings (SSSR count). The van der Waals surface area contributed by atoms with Crippen molar-refractivity contribution in [2.45, 2.75) is 44.1 Å². The van der Waals surface area contributed by atoms with Crippen LogP contribution in [0.4, 0.5) is 0 Å². The van der Waals surface area contributed by atoms with Crippen LogP contribution in [0.15, 0.2) is 72.8 Å². The van der Waals surface area contributed by atoms with E-state index in [1.54, 1.807) is 24.3 Å². The zero-order valence-corrected chi connectivity index (χ0v) is 21.8. The number of hydrogen-bond acceptors (Lipinski definition) is 4. The Morgan fingerprint density at radius 3 is 1.89 bits per heavy atom. The molecule has 2 aliphatic heterocycles. The van der Waals surface area contributed by atoms with E-state index in [1.165, 1.54) is 4.90 Å². The molecule has 0 unspecified atom stereocenters. The van der Waals surface area contributed by atoms with Gasteiger partial charge in [-0.1, -0.05) is 74.0 Å². The summed E-state index contributed by atoms with van der Waals surface area (Å²) in [4.78, 5) is 43.1. The molecule has 38 heavy (non-hydrogen) atoms. The normalized spacial score (nSPS) is 17.7. The number of imide groups is 1. The van der Waals surface area contributed by atoms with Crippen LogP contribution in [0.1, 0.15) is 64.4 Å². The molecule has 1 N–H and O–H groups in total. The van der Waals surface area contributed by atoms with Gasteiger partial charge in [-0.2, -0.15) is 0 Å². The van der Waals surface area contributed by atoms with Gasteiger partial charge in [0, 0.05) is 19.6 Å². The Bertz CT molecular complexity index is 1330. The number of hydrogen-bond donors (Lipinski definition) is 1. The van der Waals surface area contributed by atoms with E-state index in [0.717, 1.165) is 54.5 Å². The monoisotopic (exact) mass is 507 g/mol. The SMILES string of the molecule is CCCNC(=O)C1(CCCCN2CC(N3C(=O)c4ccccc4C3=O)C2)c2ccccc2-c2ccccc21. The molecule has 2 heterocycles. The number of carbonyl (C=O) groups is 3. The lowest BCUT2D eigenvalue weighted by Gasteiger charge is -2.43. The highest BCUT2D eigenvalue weighted by Crippen LogP contribution is 2.51. The van der Waals surface area contributed by atoms with Crippen LogP contribution in [-0.4, -0.2) is 59.7 Å². The molecule has 6 heteroatoms. The Hall–Kier alpha value is -3.77. The Kier molecular flexibility index (Phi) is 6.36. The van der Waals surface area contributed by atoms with Crippen molar-refractivity contribution in [3.63, 3.8) is 0 Å². The van der Waals surface area contributed by atoms with Gasteiger partial charge < -0.3 is 5.32 Å². The molecule has 6 nitrogen and oxygen atoms in total. The van der Waals surface area contributed by atoms with Gasteiger partial charge in [0.2, 0.25) is 5.91 Å². The van der Waals surface area contributed by atoms with Crippen LogP contribution in [0.2, 0.25) is 0 Å². The lowest BCUT2D eigenvalue weighted by atomic mass is 9.73. The highest BCUT2D eigenvalue weighted by Gasteiger charge is 2.48. The van der Waals surface area contributed by atoms with Gasteiger partial charge in [0.15, 0.2) is 0 Å². The summed E-state index contributed by atoms with van der Waals surface area (Å²) < 4.78 is 0. The second-order valence-corrected chi connectivity index (χ2v) is 10.6. The summed E-state index contributed by atoms with van der Waals surface area (Å²) >= 11 is 0. The summed E-state index contributed by atoms with van der Waals surface area (Å²) in [6.07, 6.45) is 3.49. The first-order valence-corrected chi connectivity index (χ1v) is 13.7. The van der Waals surface area contributed by atoms with E-state index in [4.69, 9.17) is 0 Å². The minimum atomic E-state index is -0.681. The molecular weight excluding hydrogens is 474 g/mol. The van der Waals surface area contributed by atoms with Gasteiger partial charge in [0.1, 0.15) is 5.41 Å². The topological polar surface area (TPSA) is 69.7 Å². The second kappa shape index (κ2) is 9.84. The first-order valence-electron chi connectivity index (χ1n) is 13.7. The van der Waals surface area contributed by atoms with E-state index in [2.05, 4.69) is 41.4 Å². The Labute approximate surface area is 223 Å². The zero-order chi connectivity index (χ0) is 26.3. The van der Waals surface area contributed by atoms with Gasteiger partial charge in [-0.05, 0) is 60.2 Å². The third-order valence-corrected chi connectivity index (χ3v) is 8.39. The minimum Gasteiger partial charge on any atom is -0.355 e. The van der Waals surface area contributed by atoms with E-state index in [9.17, 15) is 14.4 Å². The Morgan fingerprint density at radius 1 is 0.816 bits per heavy atom. The molecular formula is C32H33N3O3. The number of fused-ring (bicyclic) bond motifs is 4. The summed E-state index contributed by atoms with van der Waals surface area (Å²) in [7, 11) is 0. The van der Waals surface area contributed by atoms with Crippen LogP contribution in [0.5, 0.6) is 0 Å².